The lowest BCUT2D eigenvalue weighted by molar-refractivity contribution is -0.671. The van der Waals surface area contributed by atoms with E-state index in [0.717, 1.165) is 23.7 Å². The molecule has 3 aromatic rings. The summed E-state index contributed by atoms with van der Waals surface area (Å²) < 4.78 is 37.6. The predicted octanol–water partition coefficient (Wildman–Crippen LogP) is 7.57. The zero-order valence-corrected chi connectivity index (χ0v) is 30.4. The second-order valence-electron chi connectivity index (χ2n) is 13.0. The number of pyridine rings is 1. The zero-order valence-electron chi connectivity index (χ0n) is 29.6. The van der Waals surface area contributed by atoms with Crippen LogP contribution in [-0.2, 0) is 21.3 Å². The van der Waals surface area contributed by atoms with Crippen LogP contribution in [0.2, 0.25) is 0 Å². The molecule has 1 aromatic carbocycles. The molecule has 2 N–H and O–H groups in total. The smallest absolute Gasteiger partial charge is 0.407 e. The van der Waals surface area contributed by atoms with Crippen LogP contribution in [0.4, 0.5) is 4.79 Å². The number of nitrogens with one attached hydrogen (secondary N) is 2. The van der Waals surface area contributed by atoms with Gasteiger partial charge in [-0.25, -0.2) is 27.6 Å². The summed E-state index contributed by atoms with van der Waals surface area (Å²) in [4.78, 5) is 16.6. The van der Waals surface area contributed by atoms with Crippen LogP contribution in [-0.4, -0.2) is 54.7 Å². The SMILES string of the molecule is CCCCCCCCCCCCCCCCCCNC(=O)OCC(CNS(=O)(=O)CCC[n+]1cccc2ccccc21)n1ncnc1C. The number of alkyl carbamates (subject to hydrolysis) is 1. The van der Waals surface area contributed by atoms with Crippen molar-refractivity contribution >= 4 is 27.0 Å². The standard InChI is InChI=1S/C37H60N6O4S/c1-3-4-5-6-7-8-9-10-11-12-13-14-15-16-17-20-26-38-37(44)47-31-35(43-33(2)39-32-40-43)30-41-48(45,46)29-22-28-42-27-21-24-34-23-18-19-25-36(34)42/h18-19,21,23-25,27,32,35,41H,3-17,20,22,26,28-31H2,1-2H3/p+1. The molecule has 0 aliphatic rings. The van der Waals surface area contributed by atoms with E-state index in [9.17, 15) is 13.2 Å². The van der Waals surface area contributed by atoms with E-state index < -0.39 is 22.2 Å². The summed E-state index contributed by atoms with van der Waals surface area (Å²) in [6.07, 6.45) is 24.2. The first-order valence-electron chi connectivity index (χ1n) is 18.5. The van der Waals surface area contributed by atoms with Crippen molar-refractivity contribution in [2.45, 2.75) is 136 Å². The van der Waals surface area contributed by atoms with Gasteiger partial charge < -0.3 is 10.1 Å². The minimum atomic E-state index is -3.56. The summed E-state index contributed by atoms with van der Waals surface area (Å²) in [7, 11) is -3.56. The highest BCUT2D eigenvalue weighted by molar-refractivity contribution is 7.89. The number of carbonyl (C=O) groups excluding carboxylic acids is 1. The summed E-state index contributed by atoms with van der Waals surface area (Å²) >= 11 is 0. The molecular formula is C37H61N6O4S+. The van der Waals surface area contributed by atoms with Gasteiger partial charge in [0.25, 0.3) is 0 Å². The number of nitrogens with zero attached hydrogens (tertiary/aromatic N) is 4. The molecule has 48 heavy (non-hydrogen) atoms. The van der Waals surface area contributed by atoms with E-state index in [1.165, 1.54) is 96.2 Å². The van der Waals surface area contributed by atoms with Crippen LogP contribution in [0.1, 0.15) is 128 Å². The van der Waals surface area contributed by atoms with Crippen molar-refractivity contribution in [3.63, 3.8) is 0 Å². The molecule has 0 saturated carbocycles. The zero-order chi connectivity index (χ0) is 34.3. The molecule has 0 fully saturated rings. The van der Waals surface area contributed by atoms with Crippen molar-refractivity contribution in [1.29, 1.82) is 0 Å². The van der Waals surface area contributed by atoms with Crippen LogP contribution in [0.5, 0.6) is 0 Å². The van der Waals surface area contributed by atoms with Gasteiger partial charge in [-0.2, -0.15) is 9.67 Å². The van der Waals surface area contributed by atoms with Crippen LogP contribution in [0.25, 0.3) is 10.9 Å². The summed E-state index contributed by atoms with van der Waals surface area (Å²) in [5.74, 6) is 0.594. The molecule has 1 atom stereocenters. The Morgan fingerprint density at radius 1 is 0.854 bits per heavy atom. The molecule has 2 aromatic heterocycles. The molecule has 0 radical (unpaired) electrons. The molecule has 0 bridgehead atoms. The number of fused-ring (bicyclic) bond motifs is 1. The second kappa shape index (κ2) is 23.3. The number of ether oxygens (including phenoxy) is 1. The number of benzene rings is 1. The number of hydrogen-bond acceptors (Lipinski definition) is 6. The lowest BCUT2D eigenvalue weighted by Gasteiger charge is -2.19. The number of carbonyl (C=O) groups is 1. The summed E-state index contributed by atoms with van der Waals surface area (Å²) in [5.41, 5.74) is 1.07. The maximum absolute atomic E-state index is 12.9. The third kappa shape index (κ3) is 15.9. The van der Waals surface area contributed by atoms with Crippen LogP contribution in [0, 0.1) is 6.92 Å². The topological polar surface area (TPSA) is 119 Å². The number of aryl methyl sites for hydroxylation is 2. The van der Waals surface area contributed by atoms with Crippen molar-refractivity contribution < 1.29 is 22.5 Å². The lowest BCUT2D eigenvalue weighted by Crippen LogP contribution is -2.38. The predicted molar refractivity (Wildman–Crippen MR) is 193 cm³/mol. The Balaban J connectivity index is 1.25. The van der Waals surface area contributed by atoms with Crippen molar-refractivity contribution in [3.05, 3.63) is 54.7 Å². The molecule has 3 rings (SSSR count). The Hall–Kier alpha value is -3.05. The lowest BCUT2D eigenvalue weighted by atomic mass is 10.0. The minimum Gasteiger partial charge on any atom is -0.447 e. The number of para-hydroxylation sites is 1. The molecule has 0 aliphatic carbocycles. The van der Waals surface area contributed by atoms with Gasteiger partial charge in [0.15, 0.2) is 6.20 Å². The maximum Gasteiger partial charge on any atom is 0.407 e. The van der Waals surface area contributed by atoms with Gasteiger partial charge in [-0.1, -0.05) is 115 Å². The highest BCUT2D eigenvalue weighted by atomic mass is 32.2. The molecule has 1 amide bonds. The van der Waals surface area contributed by atoms with E-state index >= 15 is 0 Å². The highest BCUT2D eigenvalue weighted by Crippen LogP contribution is 2.14. The first-order chi connectivity index (χ1) is 23.4. The number of rotatable bonds is 27. The van der Waals surface area contributed by atoms with Crippen LogP contribution in [0.3, 0.4) is 0 Å². The molecule has 11 heteroatoms. The monoisotopic (exact) mass is 685 g/mol. The van der Waals surface area contributed by atoms with Gasteiger partial charge in [0.1, 0.15) is 31.3 Å². The average Bonchev–Trinajstić information content (AvgIpc) is 3.51. The van der Waals surface area contributed by atoms with Gasteiger partial charge in [0.05, 0.1) is 5.75 Å². The summed E-state index contributed by atoms with van der Waals surface area (Å²) in [5, 5.41) is 8.17. The van der Waals surface area contributed by atoms with Gasteiger partial charge in [-0.05, 0) is 25.5 Å². The first-order valence-corrected chi connectivity index (χ1v) is 20.2. The maximum atomic E-state index is 12.9. The number of unbranched alkanes of at least 4 members (excludes halogenated alkanes) is 15. The highest BCUT2D eigenvalue weighted by Gasteiger charge is 2.21. The van der Waals surface area contributed by atoms with Crippen molar-refractivity contribution in [2.24, 2.45) is 0 Å². The van der Waals surface area contributed by atoms with Crippen molar-refractivity contribution in [2.75, 3.05) is 25.4 Å². The second-order valence-corrected chi connectivity index (χ2v) is 14.9. The Labute approximate surface area is 289 Å². The van der Waals surface area contributed by atoms with Crippen LogP contribution in [0.15, 0.2) is 48.9 Å². The van der Waals surface area contributed by atoms with E-state index in [0.29, 0.717) is 25.3 Å². The number of hydrogen-bond donors (Lipinski definition) is 2. The van der Waals surface area contributed by atoms with Crippen LogP contribution < -0.4 is 14.6 Å². The molecule has 0 spiro atoms. The van der Waals surface area contributed by atoms with Gasteiger partial charge >= 0.3 is 6.09 Å². The van der Waals surface area contributed by atoms with Crippen molar-refractivity contribution in [3.8, 4) is 0 Å². The first kappa shape index (κ1) is 39.4. The van der Waals surface area contributed by atoms with E-state index in [-0.39, 0.29) is 18.9 Å². The minimum absolute atomic E-state index is 0.0209. The van der Waals surface area contributed by atoms with E-state index in [4.69, 9.17) is 4.74 Å². The fourth-order valence-corrected chi connectivity index (χ4v) is 7.20. The van der Waals surface area contributed by atoms with E-state index in [2.05, 4.69) is 31.6 Å². The van der Waals surface area contributed by atoms with Gasteiger partial charge in [0.2, 0.25) is 15.5 Å². The molecule has 1 unspecified atom stereocenters. The Kier molecular flexibility index (Phi) is 19.1. The fourth-order valence-electron chi connectivity index (χ4n) is 6.10. The summed E-state index contributed by atoms with van der Waals surface area (Å²) in [6, 6.07) is 11.5. The third-order valence-corrected chi connectivity index (χ3v) is 10.4. The average molecular weight is 686 g/mol. The number of amides is 1. The Morgan fingerprint density at radius 3 is 2.08 bits per heavy atom. The molecule has 268 valence electrons. The number of sulfonamides is 1. The van der Waals surface area contributed by atoms with Gasteiger partial charge in [0, 0.05) is 37.0 Å². The quantitative estimate of drug-likeness (QED) is 0.0632. The van der Waals surface area contributed by atoms with E-state index in [1.807, 2.05) is 42.6 Å². The summed E-state index contributed by atoms with van der Waals surface area (Å²) in [6.45, 7) is 5.21. The normalized spacial score (nSPS) is 12.4. The molecule has 2 heterocycles. The molecular weight excluding hydrogens is 625 g/mol. The van der Waals surface area contributed by atoms with Crippen LogP contribution >= 0.6 is 0 Å². The van der Waals surface area contributed by atoms with Crippen molar-refractivity contribution in [1.82, 2.24) is 24.8 Å². The van der Waals surface area contributed by atoms with Gasteiger partial charge in [-0.15, -0.1) is 0 Å². The largest absolute Gasteiger partial charge is 0.447 e. The Morgan fingerprint density at radius 2 is 1.46 bits per heavy atom. The molecule has 10 nitrogen and oxygen atoms in total. The Bertz CT molecular complexity index is 1410. The molecule has 0 saturated heterocycles. The fraction of sp³-hybridized carbons (Fsp3) is 0.676. The molecule has 0 aliphatic heterocycles. The third-order valence-electron chi connectivity index (χ3n) is 8.94. The number of aromatic nitrogens is 4. The van der Waals surface area contributed by atoms with E-state index in [1.54, 1.807) is 11.6 Å². The van der Waals surface area contributed by atoms with Gasteiger partial charge in [-0.3, -0.25) is 0 Å².